The van der Waals surface area contributed by atoms with Crippen molar-refractivity contribution in [2.75, 3.05) is 20.1 Å². The fourth-order valence-electron chi connectivity index (χ4n) is 3.05. The molecule has 0 aliphatic carbocycles. The number of likely N-dealkylation sites (tertiary alicyclic amines) is 1. The van der Waals surface area contributed by atoms with Gasteiger partial charge in [-0.3, -0.25) is 4.79 Å². The van der Waals surface area contributed by atoms with Crippen LogP contribution in [0.25, 0.3) is 0 Å². The summed E-state index contributed by atoms with van der Waals surface area (Å²) >= 11 is 0. The van der Waals surface area contributed by atoms with Gasteiger partial charge in [-0.1, -0.05) is 17.7 Å². The monoisotopic (exact) mass is 261 g/mol. The van der Waals surface area contributed by atoms with E-state index in [-0.39, 0.29) is 5.91 Å². The lowest BCUT2D eigenvalue weighted by Crippen LogP contribution is -3.10. The number of amides is 1. The summed E-state index contributed by atoms with van der Waals surface area (Å²) in [6.07, 6.45) is 2.17. The van der Waals surface area contributed by atoms with Crippen LogP contribution < -0.4 is 10.2 Å². The normalized spacial score (nSPS) is 23.2. The van der Waals surface area contributed by atoms with Crippen molar-refractivity contribution >= 4 is 5.91 Å². The molecule has 3 nitrogen and oxygen atoms in total. The Hall–Kier alpha value is -1.35. The van der Waals surface area contributed by atoms with Gasteiger partial charge in [0.15, 0.2) is 0 Å². The Balaban J connectivity index is 2.08. The van der Waals surface area contributed by atoms with E-state index in [1.165, 1.54) is 5.56 Å². The molecule has 19 heavy (non-hydrogen) atoms. The van der Waals surface area contributed by atoms with Gasteiger partial charge in [0.25, 0.3) is 5.91 Å². The van der Waals surface area contributed by atoms with Gasteiger partial charge in [-0.05, 0) is 31.9 Å². The fraction of sp³-hybridized carbons (Fsp3) is 0.562. The Bertz CT molecular complexity index is 451. The van der Waals surface area contributed by atoms with Crippen molar-refractivity contribution in [2.24, 2.45) is 0 Å². The number of nitrogens with one attached hydrogen (secondary N) is 2. The van der Waals surface area contributed by atoms with Crippen LogP contribution in [-0.4, -0.2) is 32.1 Å². The summed E-state index contributed by atoms with van der Waals surface area (Å²) in [5.41, 5.74) is 4.23. The molecule has 104 valence electrons. The third-order valence-electron chi connectivity index (χ3n) is 4.08. The minimum atomic E-state index is 0.0968. The molecule has 2 N–H and O–H groups in total. The second-order valence-electron chi connectivity index (χ2n) is 5.98. The third-order valence-corrected chi connectivity index (χ3v) is 4.08. The molecule has 1 heterocycles. The number of carbonyl (C=O) groups is 1. The van der Waals surface area contributed by atoms with Gasteiger partial charge in [0, 0.05) is 24.4 Å². The molecule has 0 bridgehead atoms. The van der Waals surface area contributed by atoms with E-state index in [2.05, 4.69) is 31.4 Å². The Morgan fingerprint density at radius 3 is 2.21 bits per heavy atom. The van der Waals surface area contributed by atoms with Crippen LogP contribution in [0.2, 0.25) is 0 Å². The molecule has 1 saturated heterocycles. The Kier molecular flexibility index (Phi) is 4.25. The first kappa shape index (κ1) is 14.1. The first-order valence-corrected chi connectivity index (χ1v) is 7.17. The van der Waals surface area contributed by atoms with E-state index >= 15 is 0 Å². The molecular weight excluding hydrogens is 236 g/mol. The molecule has 0 atom stereocenters. The molecular formula is C16H25N2O+. The van der Waals surface area contributed by atoms with Crippen LogP contribution in [0.15, 0.2) is 12.1 Å². The molecule has 0 spiro atoms. The van der Waals surface area contributed by atoms with Crippen LogP contribution in [0.5, 0.6) is 0 Å². The zero-order valence-electron chi connectivity index (χ0n) is 12.5. The van der Waals surface area contributed by atoms with Crippen molar-refractivity contribution in [1.29, 1.82) is 0 Å². The molecule has 3 heteroatoms. The number of piperidine rings is 1. The lowest BCUT2D eigenvalue weighted by molar-refractivity contribution is -0.884. The molecule has 1 amide bonds. The molecule has 0 saturated carbocycles. The minimum Gasteiger partial charge on any atom is -0.349 e. The van der Waals surface area contributed by atoms with Crippen LogP contribution in [0, 0.1) is 20.8 Å². The molecule has 1 aliphatic heterocycles. The summed E-state index contributed by atoms with van der Waals surface area (Å²) in [5, 5.41) is 3.20. The van der Waals surface area contributed by atoms with Gasteiger partial charge in [0.1, 0.15) is 0 Å². The maximum Gasteiger partial charge on any atom is 0.252 e. The van der Waals surface area contributed by atoms with Gasteiger partial charge in [-0.25, -0.2) is 0 Å². The predicted molar refractivity (Wildman–Crippen MR) is 77.8 cm³/mol. The van der Waals surface area contributed by atoms with E-state index in [0.717, 1.165) is 42.6 Å². The van der Waals surface area contributed by atoms with Crippen molar-refractivity contribution in [3.05, 3.63) is 34.4 Å². The van der Waals surface area contributed by atoms with Crippen LogP contribution in [-0.2, 0) is 0 Å². The number of hydrogen-bond donors (Lipinski definition) is 2. The summed E-state index contributed by atoms with van der Waals surface area (Å²) in [5.74, 6) is 0.0968. The van der Waals surface area contributed by atoms with Gasteiger partial charge in [0.05, 0.1) is 20.1 Å². The number of rotatable bonds is 2. The quantitative estimate of drug-likeness (QED) is 0.819. The maximum atomic E-state index is 12.4. The van der Waals surface area contributed by atoms with E-state index in [0.29, 0.717) is 6.04 Å². The van der Waals surface area contributed by atoms with E-state index in [9.17, 15) is 4.79 Å². The number of carbonyl (C=O) groups excluding carboxylic acids is 1. The Morgan fingerprint density at radius 2 is 1.68 bits per heavy atom. The topological polar surface area (TPSA) is 33.5 Å². The molecule has 0 unspecified atom stereocenters. The van der Waals surface area contributed by atoms with E-state index in [1.54, 1.807) is 4.90 Å². The molecule has 1 aliphatic rings. The summed E-state index contributed by atoms with van der Waals surface area (Å²) < 4.78 is 0. The van der Waals surface area contributed by atoms with Crippen molar-refractivity contribution in [1.82, 2.24) is 5.32 Å². The molecule has 2 rings (SSSR count). The number of quaternary nitrogens is 1. The highest BCUT2D eigenvalue weighted by atomic mass is 16.1. The molecule has 1 aromatic carbocycles. The molecule has 1 aromatic rings. The largest absolute Gasteiger partial charge is 0.349 e. The maximum absolute atomic E-state index is 12.4. The van der Waals surface area contributed by atoms with Gasteiger partial charge in [0.2, 0.25) is 0 Å². The number of hydrogen-bond acceptors (Lipinski definition) is 1. The van der Waals surface area contributed by atoms with Gasteiger partial charge in [-0.2, -0.15) is 0 Å². The van der Waals surface area contributed by atoms with E-state index < -0.39 is 0 Å². The number of benzene rings is 1. The highest BCUT2D eigenvalue weighted by Gasteiger charge is 2.22. The van der Waals surface area contributed by atoms with Gasteiger partial charge in [-0.15, -0.1) is 0 Å². The lowest BCUT2D eigenvalue weighted by Gasteiger charge is -2.27. The van der Waals surface area contributed by atoms with Gasteiger partial charge < -0.3 is 10.2 Å². The predicted octanol–water partition coefficient (Wildman–Crippen LogP) is 1.02. The van der Waals surface area contributed by atoms with Crippen molar-refractivity contribution in [3.8, 4) is 0 Å². The minimum absolute atomic E-state index is 0.0968. The molecule has 0 aromatic heterocycles. The molecule has 0 radical (unpaired) electrons. The van der Waals surface area contributed by atoms with Gasteiger partial charge >= 0.3 is 0 Å². The summed E-state index contributed by atoms with van der Waals surface area (Å²) in [6, 6.07) is 4.51. The second kappa shape index (κ2) is 5.74. The first-order valence-electron chi connectivity index (χ1n) is 7.17. The smallest absolute Gasteiger partial charge is 0.252 e. The lowest BCUT2D eigenvalue weighted by atomic mass is 9.98. The van der Waals surface area contributed by atoms with E-state index in [1.807, 2.05) is 13.8 Å². The zero-order valence-corrected chi connectivity index (χ0v) is 12.5. The van der Waals surface area contributed by atoms with Crippen LogP contribution in [0.3, 0.4) is 0 Å². The number of aryl methyl sites for hydroxylation is 3. The Labute approximate surface area is 116 Å². The Morgan fingerprint density at radius 1 is 1.16 bits per heavy atom. The highest BCUT2D eigenvalue weighted by Crippen LogP contribution is 2.16. The first-order chi connectivity index (χ1) is 8.97. The van der Waals surface area contributed by atoms with Crippen LogP contribution in [0.1, 0.15) is 39.9 Å². The highest BCUT2D eigenvalue weighted by molar-refractivity contribution is 5.97. The van der Waals surface area contributed by atoms with Crippen LogP contribution in [0.4, 0.5) is 0 Å². The van der Waals surface area contributed by atoms with E-state index in [4.69, 9.17) is 0 Å². The summed E-state index contributed by atoms with van der Waals surface area (Å²) in [7, 11) is 2.21. The standard InChI is InChI=1S/C16H24N2O/c1-11-9-12(2)15(13(3)10-11)16(19)17-14-5-7-18(4)8-6-14/h9-10,14H,5-8H2,1-4H3,(H,17,19)/p+1. The van der Waals surface area contributed by atoms with Crippen molar-refractivity contribution < 1.29 is 9.69 Å². The van der Waals surface area contributed by atoms with Crippen LogP contribution >= 0.6 is 0 Å². The summed E-state index contributed by atoms with van der Waals surface area (Å²) in [4.78, 5) is 14.0. The average molecular weight is 261 g/mol. The SMILES string of the molecule is Cc1cc(C)c(C(=O)NC2CC[NH+](C)CC2)c(C)c1. The fourth-order valence-corrected chi connectivity index (χ4v) is 3.05. The second-order valence-corrected chi connectivity index (χ2v) is 5.98. The third kappa shape index (κ3) is 3.35. The summed E-state index contributed by atoms with van der Waals surface area (Å²) in [6.45, 7) is 8.41. The van der Waals surface area contributed by atoms with Crippen molar-refractivity contribution in [2.45, 2.75) is 39.7 Å². The average Bonchev–Trinajstić information content (AvgIpc) is 2.30. The zero-order chi connectivity index (χ0) is 14.0. The van der Waals surface area contributed by atoms with Crippen molar-refractivity contribution in [3.63, 3.8) is 0 Å². The molecule has 1 fully saturated rings.